The molecule has 1 aliphatic rings. The van der Waals surface area contributed by atoms with E-state index in [0.29, 0.717) is 23.0 Å². The summed E-state index contributed by atoms with van der Waals surface area (Å²) in [7, 11) is 1.58. The van der Waals surface area contributed by atoms with E-state index in [1.54, 1.807) is 54.5 Å². The van der Waals surface area contributed by atoms with E-state index in [2.05, 4.69) is 5.32 Å². The molecule has 2 aromatic carbocycles. The summed E-state index contributed by atoms with van der Waals surface area (Å²) in [5.74, 6) is -0.0963. The number of methoxy groups -OCH3 is 1. The van der Waals surface area contributed by atoms with Crippen LogP contribution in [0.1, 0.15) is 6.42 Å². The normalized spacial score (nSPS) is 16.8. The number of ether oxygens (including phenoxy) is 1. The Hall–Kier alpha value is -2.24. The van der Waals surface area contributed by atoms with Crippen molar-refractivity contribution in [2.75, 3.05) is 23.9 Å². The standard InChI is InChI=1S/C18H16Cl2N2O3/c1-25-13-7-5-12(6-8-13)22-10-11(9-16(22)23)18(24)21-15-4-2-3-14(19)17(15)20/h2-8,11H,9-10H2,1H3,(H,21,24). The lowest BCUT2D eigenvalue weighted by Crippen LogP contribution is -2.28. The Morgan fingerprint density at radius 1 is 1.20 bits per heavy atom. The molecule has 0 saturated carbocycles. The van der Waals surface area contributed by atoms with Gasteiger partial charge in [0.15, 0.2) is 0 Å². The number of carbonyl (C=O) groups excluding carboxylic acids is 2. The highest BCUT2D eigenvalue weighted by atomic mass is 35.5. The van der Waals surface area contributed by atoms with Crippen LogP contribution in [-0.2, 0) is 9.59 Å². The molecule has 5 nitrogen and oxygen atoms in total. The third-order valence-electron chi connectivity index (χ3n) is 4.09. The van der Waals surface area contributed by atoms with Gasteiger partial charge in [0.25, 0.3) is 0 Å². The van der Waals surface area contributed by atoms with Crippen molar-refractivity contribution in [2.24, 2.45) is 5.92 Å². The van der Waals surface area contributed by atoms with E-state index in [-0.39, 0.29) is 23.3 Å². The van der Waals surface area contributed by atoms with E-state index >= 15 is 0 Å². The number of nitrogens with one attached hydrogen (secondary N) is 1. The molecule has 0 aromatic heterocycles. The molecule has 1 heterocycles. The second-order valence-electron chi connectivity index (χ2n) is 5.69. The van der Waals surface area contributed by atoms with Crippen LogP contribution in [0.3, 0.4) is 0 Å². The van der Waals surface area contributed by atoms with Crippen molar-refractivity contribution >= 4 is 46.4 Å². The molecule has 0 aliphatic carbocycles. The lowest BCUT2D eigenvalue weighted by molar-refractivity contribution is -0.122. The monoisotopic (exact) mass is 378 g/mol. The number of nitrogens with zero attached hydrogens (tertiary/aromatic N) is 1. The van der Waals surface area contributed by atoms with Gasteiger partial charge in [0, 0.05) is 18.7 Å². The van der Waals surface area contributed by atoms with Crippen LogP contribution >= 0.6 is 23.2 Å². The quantitative estimate of drug-likeness (QED) is 0.874. The Kier molecular flexibility index (Phi) is 5.16. The molecule has 25 heavy (non-hydrogen) atoms. The number of hydrogen-bond donors (Lipinski definition) is 1. The Bertz CT molecular complexity index is 808. The fourth-order valence-corrected chi connectivity index (χ4v) is 3.08. The van der Waals surface area contributed by atoms with Crippen LogP contribution in [0.2, 0.25) is 10.0 Å². The fraction of sp³-hybridized carbons (Fsp3) is 0.222. The molecule has 1 fully saturated rings. The molecule has 1 unspecified atom stereocenters. The summed E-state index contributed by atoms with van der Waals surface area (Å²) >= 11 is 12.0. The van der Waals surface area contributed by atoms with Gasteiger partial charge in [-0.05, 0) is 36.4 Å². The molecule has 3 rings (SSSR count). The first-order valence-corrected chi connectivity index (χ1v) is 8.44. The average Bonchev–Trinajstić information content (AvgIpc) is 3.01. The third-order valence-corrected chi connectivity index (χ3v) is 4.91. The number of anilines is 2. The summed E-state index contributed by atoms with van der Waals surface area (Å²) in [6.45, 7) is 0.315. The summed E-state index contributed by atoms with van der Waals surface area (Å²) < 4.78 is 5.11. The maximum Gasteiger partial charge on any atom is 0.229 e. The van der Waals surface area contributed by atoms with Gasteiger partial charge in [-0.15, -0.1) is 0 Å². The Balaban J connectivity index is 1.71. The second-order valence-corrected chi connectivity index (χ2v) is 6.48. The molecule has 1 saturated heterocycles. The minimum Gasteiger partial charge on any atom is -0.497 e. The van der Waals surface area contributed by atoms with E-state index < -0.39 is 5.92 Å². The van der Waals surface area contributed by atoms with Crippen LogP contribution in [0.15, 0.2) is 42.5 Å². The fourth-order valence-electron chi connectivity index (χ4n) is 2.73. The smallest absolute Gasteiger partial charge is 0.229 e. The van der Waals surface area contributed by atoms with Gasteiger partial charge in [0.1, 0.15) is 5.75 Å². The first kappa shape index (κ1) is 17.6. The Labute approximate surface area is 155 Å². The zero-order chi connectivity index (χ0) is 18.0. The summed E-state index contributed by atoms with van der Waals surface area (Å²) in [5, 5.41) is 3.40. The highest BCUT2D eigenvalue weighted by Crippen LogP contribution is 2.31. The van der Waals surface area contributed by atoms with E-state index in [4.69, 9.17) is 27.9 Å². The second kappa shape index (κ2) is 7.33. The number of rotatable bonds is 4. The van der Waals surface area contributed by atoms with E-state index in [9.17, 15) is 9.59 Å². The van der Waals surface area contributed by atoms with Crippen molar-refractivity contribution in [1.29, 1.82) is 0 Å². The average molecular weight is 379 g/mol. The third kappa shape index (κ3) is 3.72. The van der Waals surface area contributed by atoms with Gasteiger partial charge < -0.3 is 15.0 Å². The molecule has 0 radical (unpaired) electrons. The zero-order valence-electron chi connectivity index (χ0n) is 13.5. The molecule has 2 amide bonds. The summed E-state index contributed by atoms with van der Waals surface area (Å²) in [6, 6.07) is 12.2. The number of hydrogen-bond acceptors (Lipinski definition) is 3. The van der Waals surface area contributed by atoms with Crippen LogP contribution in [0.4, 0.5) is 11.4 Å². The maximum atomic E-state index is 12.5. The molecular weight excluding hydrogens is 363 g/mol. The molecular formula is C18H16Cl2N2O3. The summed E-state index contributed by atoms with van der Waals surface area (Å²) in [6.07, 6.45) is 0.149. The van der Waals surface area contributed by atoms with Gasteiger partial charge in [-0.3, -0.25) is 9.59 Å². The Morgan fingerprint density at radius 2 is 1.92 bits per heavy atom. The first-order valence-electron chi connectivity index (χ1n) is 7.69. The number of benzene rings is 2. The predicted octanol–water partition coefficient (Wildman–Crippen LogP) is 3.99. The predicted molar refractivity (Wildman–Crippen MR) is 98.5 cm³/mol. The van der Waals surface area contributed by atoms with Crippen LogP contribution in [0.5, 0.6) is 5.75 Å². The molecule has 0 spiro atoms. The minimum absolute atomic E-state index is 0.0949. The largest absolute Gasteiger partial charge is 0.497 e. The maximum absolute atomic E-state index is 12.5. The van der Waals surface area contributed by atoms with Gasteiger partial charge in [-0.1, -0.05) is 29.3 Å². The van der Waals surface area contributed by atoms with Crippen molar-refractivity contribution in [3.8, 4) is 5.75 Å². The molecule has 2 aromatic rings. The topological polar surface area (TPSA) is 58.6 Å². The number of halogens is 2. The van der Waals surface area contributed by atoms with E-state index in [1.165, 1.54) is 0 Å². The van der Waals surface area contributed by atoms with Crippen molar-refractivity contribution in [3.05, 3.63) is 52.5 Å². The molecule has 1 N–H and O–H groups in total. The van der Waals surface area contributed by atoms with Crippen molar-refractivity contribution in [3.63, 3.8) is 0 Å². The van der Waals surface area contributed by atoms with Crippen LogP contribution in [0, 0.1) is 5.92 Å². The molecule has 7 heteroatoms. The van der Waals surface area contributed by atoms with Crippen molar-refractivity contribution in [2.45, 2.75) is 6.42 Å². The van der Waals surface area contributed by atoms with Crippen molar-refractivity contribution in [1.82, 2.24) is 0 Å². The molecule has 1 aliphatic heterocycles. The van der Waals surface area contributed by atoms with Crippen LogP contribution < -0.4 is 15.0 Å². The summed E-state index contributed by atoms with van der Waals surface area (Å²) in [5.41, 5.74) is 1.18. The highest BCUT2D eigenvalue weighted by molar-refractivity contribution is 6.44. The minimum atomic E-state index is -0.454. The summed E-state index contributed by atoms with van der Waals surface area (Å²) in [4.78, 5) is 26.4. The first-order chi connectivity index (χ1) is 12.0. The highest BCUT2D eigenvalue weighted by Gasteiger charge is 2.35. The SMILES string of the molecule is COc1ccc(N2CC(C(=O)Nc3cccc(Cl)c3Cl)CC2=O)cc1. The lowest BCUT2D eigenvalue weighted by atomic mass is 10.1. The van der Waals surface area contributed by atoms with E-state index in [0.717, 1.165) is 5.69 Å². The van der Waals surface area contributed by atoms with Gasteiger partial charge in [-0.25, -0.2) is 0 Å². The lowest BCUT2D eigenvalue weighted by Gasteiger charge is -2.17. The molecule has 0 bridgehead atoms. The zero-order valence-corrected chi connectivity index (χ0v) is 15.0. The number of amides is 2. The van der Waals surface area contributed by atoms with Crippen molar-refractivity contribution < 1.29 is 14.3 Å². The van der Waals surface area contributed by atoms with Crippen LogP contribution in [-0.4, -0.2) is 25.5 Å². The van der Waals surface area contributed by atoms with Gasteiger partial charge in [-0.2, -0.15) is 0 Å². The van der Waals surface area contributed by atoms with E-state index in [1.807, 2.05) is 0 Å². The van der Waals surface area contributed by atoms with Gasteiger partial charge in [0.2, 0.25) is 11.8 Å². The molecule has 1 atom stereocenters. The van der Waals surface area contributed by atoms with Gasteiger partial charge >= 0.3 is 0 Å². The molecule has 130 valence electrons. The number of carbonyl (C=O) groups is 2. The van der Waals surface area contributed by atoms with Gasteiger partial charge in [0.05, 0.1) is 28.8 Å². The van der Waals surface area contributed by atoms with Crippen LogP contribution in [0.25, 0.3) is 0 Å². The Morgan fingerprint density at radius 3 is 2.60 bits per heavy atom.